The zero-order valence-corrected chi connectivity index (χ0v) is 15.9. The van der Waals surface area contributed by atoms with Crippen molar-refractivity contribution in [1.29, 1.82) is 0 Å². The fraction of sp³-hybridized carbons (Fsp3) is 0.471. The predicted molar refractivity (Wildman–Crippen MR) is 100 cm³/mol. The molecule has 9 heteroatoms. The normalized spacial score (nSPS) is 11.8. The number of nitrogens with one attached hydrogen (secondary N) is 3. The molecule has 1 aromatic carbocycles. The van der Waals surface area contributed by atoms with Crippen LogP contribution in [0, 0.1) is 5.92 Å². The van der Waals surface area contributed by atoms with Crippen LogP contribution in [0.5, 0.6) is 0 Å². The van der Waals surface area contributed by atoms with Crippen molar-refractivity contribution >= 4 is 35.0 Å². The third-order valence-electron chi connectivity index (χ3n) is 3.53. The van der Waals surface area contributed by atoms with Crippen molar-refractivity contribution in [3.63, 3.8) is 0 Å². The van der Waals surface area contributed by atoms with Gasteiger partial charge in [-0.3, -0.25) is 14.4 Å². The average molecular weight is 385 g/mol. The molecule has 0 aromatic heterocycles. The Hall–Kier alpha value is -2.16. The zero-order valence-electron chi connectivity index (χ0n) is 15.1. The van der Waals surface area contributed by atoms with Crippen LogP contribution in [0.1, 0.15) is 24.2 Å². The van der Waals surface area contributed by atoms with Crippen molar-refractivity contribution in [2.75, 3.05) is 32.1 Å². The second kappa shape index (κ2) is 10.7. The minimum atomic E-state index is -0.673. The van der Waals surface area contributed by atoms with E-state index >= 15 is 0 Å². The van der Waals surface area contributed by atoms with E-state index in [4.69, 9.17) is 22.1 Å². The van der Waals surface area contributed by atoms with E-state index in [-0.39, 0.29) is 29.0 Å². The van der Waals surface area contributed by atoms with E-state index in [1.807, 2.05) is 13.8 Å². The lowest BCUT2D eigenvalue weighted by Crippen LogP contribution is -2.46. The van der Waals surface area contributed by atoms with Crippen LogP contribution < -0.4 is 21.7 Å². The molecular weight excluding hydrogens is 360 g/mol. The summed E-state index contributed by atoms with van der Waals surface area (Å²) in [6.45, 7) is 4.18. The molecule has 0 saturated heterocycles. The maximum Gasteiger partial charge on any atom is 0.252 e. The topological polar surface area (TPSA) is 123 Å². The monoisotopic (exact) mass is 384 g/mol. The van der Waals surface area contributed by atoms with Crippen LogP contribution in [-0.2, 0) is 14.3 Å². The Balaban J connectivity index is 2.57. The first-order valence-electron chi connectivity index (χ1n) is 8.16. The Bertz CT molecular complexity index is 652. The molecule has 0 unspecified atom stereocenters. The summed E-state index contributed by atoms with van der Waals surface area (Å²) in [6, 6.07) is 3.85. The molecular formula is C17H25ClN4O4. The van der Waals surface area contributed by atoms with E-state index in [0.717, 1.165) is 0 Å². The second-order valence-electron chi connectivity index (χ2n) is 5.98. The molecule has 0 heterocycles. The Kier molecular flexibility index (Phi) is 9.04. The minimum absolute atomic E-state index is 0.0283. The molecule has 0 radical (unpaired) electrons. The lowest BCUT2D eigenvalue weighted by atomic mass is 10.1. The van der Waals surface area contributed by atoms with Gasteiger partial charge in [0.15, 0.2) is 0 Å². The van der Waals surface area contributed by atoms with Crippen LogP contribution in [0.2, 0.25) is 5.02 Å². The molecule has 1 atom stereocenters. The molecule has 144 valence electrons. The van der Waals surface area contributed by atoms with E-state index in [1.165, 1.54) is 19.2 Å². The Morgan fingerprint density at radius 3 is 2.50 bits per heavy atom. The number of methoxy groups -OCH3 is 1. The smallest absolute Gasteiger partial charge is 0.252 e. The number of benzene rings is 1. The summed E-state index contributed by atoms with van der Waals surface area (Å²) < 4.78 is 4.86. The average Bonchev–Trinajstić information content (AvgIpc) is 2.59. The number of rotatable bonds is 9. The first-order chi connectivity index (χ1) is 12.3. The highest BCUT2D eigenvalue weighted by Gasteiger charge is 2.18. The van der Waals surface area contributed by atoms with E-state index < -0.39 is 17.9 Å². The maximum atomic E-state index is 12.0. The quantitative estimate of drug-likeness (QED) is 0.468. The Morgan fingerprint density at radius 2 is 1.92 bits per heavy atom. The van der Waals surface area contributed by atoms with Gasteiger partial charge in [-0.05, 0) is 24.1 Å². The van der Waals surface area contributed by atoms with Crippen LogP contribution in [0.3, 0.4) is 0 Å². The van der Waals surface area contributed by atoms with Crippen LogP contribution >= 0.6 is 11.6 Å². The van der Waals surface area contributed by atoms with Gasteiger partial charge in [-0.25, -0.2) is 0 Å². The number of halogens is 1. The summed E-state index contributed by atoms with van der Waals surface area (Å²) in [5.74, 6) is -1.18. The molecule has 0 aliphatic carbocycles. The van der Waals surface area contributed by atoms with Crippen molar-refractivity contribution in [1.82, 2.24) is 10.6 Å². The third kappa shape index (κ3) is 6.99. The number of carbonyl (C=O) groups excluding carboxylic acids is 3. The molecule has 8 nitrogen and oxygen atoms in total. The fourth-order valence-corrected chi connectivity index (χ4v) is 2.20. The van der Waals surface area contributed by atoms with Gasteiger partial charge in [-0.1, -0.05) is 25.4 Å². The van der Waals surface area contributed by atoms with E-state index in [2.05, 4.69) is 16.0 Å². The highest BCUT2D eigenvalue weighted by Crippen LogP contribution is 2.21. The van der Waals surface area contributed by atoms with Crippen molar-refractivity contribution in [2.45, 2.75) is 19.9 Å². The number of ether oxygens (including phenoxy) is 1. The number of hydrogen-bond acceptors (Lipinski definition) is 5. The minimum Gasteiger partial charge on any atom is -0.383 e. The van der Waals surface area contributed by atoms with Gasteiger partial charge >= 0.3 is 0 Å². The van der Waals surface area contributed by atoms with Crippen molar-refractivity contribution in [2.24, 2.45) is 11.7 Å². The van der Waals surface area contributed by atoms with Gasteiger partial charge in [0, 0.05) is 19.3 Å². The van der Waals surface area contributed by atoms with Gasteiger partial charge in [0.1, 0.15) is 0 Å². The molecule has 26 heavy (non-hydrogen) atoms. The second-order valence-corrected chi connectivity index (χ2v) is 6.39. The highest BCUT2D eigenvalue weighted by molar-refractivity contribution is 6.34. The van der Waals surface area contributed by atoms with Crippen LogP contribution in [0.15, 0.2) is 18.2 Å². The van der Waals surface area contributed by atoms with E-state index in [0.29, 0.717) is 18.8 Å². The predicted octanol–water partition coefficient (Wildman–Crippen LogP) is 0.754. The Morgan fingerprint density at radius 1 is 1.23 bits per heavy atom. The van der Waals surface area contributed by atoms with Crippen molar-refractivity contribution in [3.05, 3.63) is 28.8 Å². The zero-order chi connectivity index (χ0) is 19.7. The number of amides is 3. The van der Waals surface area contributed by atoms with Crippen molar-refractivity contribution < 1.29 is 19.1 Å². The summed E-state index contributed by atoms with van der Waals surface area (Å²) in [6.07, 6.45) is 0. The van der Waals surface area contributed by atoms with Gasteiger partial charge in [0.25, 0.3) is 5.91 Å². The molecule has 3 amide bonds. The van der Waals surface area contributed by atoms with Crippen LogP contribution in [0.25, 0.3) is 0 Å². The molecule has 1 aromatic rings. The molecule has 5 N–H and O–H groups in total. The van der Waals surface area contributed by atoms with Gasteiger partial charge in [-0.15, -0.1) is 0 Å². The molecule has 0 aliphatic rings. The van der Waals surface area contributed by atoms with Gasteiger partial charge in [0.05, 0.1) is 29.8 Å². The van der Waals surface area contributed by atoms with Crippen LogP contribution in [-0.4, -0.2) is 50.6 Å². The lowest BCUT2D eigenvalue weighted by molar-refractivity contribution is -0.125. The van der Waals surface area contributed by atoms with Gasteiger partial charge < -0.3 is 26.4 Å². The lowest BCUT2D eigenvalue weighted by Gasteiger charge is -2.15. The SMILES string of the molecule is COCCNC(=O)c1ccc(NC(=O)CNC(=O)[C@@H](N)C(C)C)cc1Cl. The van der Waals surface area contributed by atoms with E-state index in [1.54, 1.807) is 6.07 Å². The molecule has 1 rings (SSSR count). The third-order valence-corrected chi connectivity index (χ3v) is 3.85. The van der Waals surface area contributed by atoms with Gasteiger partial charge in [0.2, 0.25) is 11.8 Å². The first-order valence-corrected chi connectivity index (χ1v) is 8.53. The van der Waals surface area contributed by atoms with Crippen molar-refractivity contribution in [3.8, 4) is 0 Å². The maximum absolute atomic E-state index is 12.0. The first kappa shape index (κ1) is 21.9. The number of anilines is 1. The summed E-state index contributed by atoms with van der Waals surface area (Å²) >= 11 is 6.09. The summed E-state index contributed by atoms with van der Waals surface area (Å²) in [4.78, 5) is 35.6. The molecule has 0 spiro atoms. The number of carbonyl (C=O) groups is 3. The largest absolute Gasteiger partial charge is 0.383 e. The Labute approximate surface area is 157 Å². The summed E-state index contributed by atoms with van der Waals surface area (Å²) in [7, 11) is 1.54. The molecule has 0 fully saturated rings. The highest BCUT2D eigenvalue weighted by atomic mass is 35.5. The molecule has 0 saturated carbocycles. The van der Waals surface area contributed by atoms with Crippen LogP contribution in [0.4, 0.5) is 5.69 Å². The summed E-state index contributed by atoms with van der Waals surface area (Å²) in [5.41, 5.74) is 6.40. The molecule has 0 aliphatic heterocycles. The standard InChI is InChI=1S/C17H25ClN4O4/c1-10(2)15(19)17(25)21-9-14(23)22-11-4-5-12(13(18)8-11)16(24)20-6-7-26-3/h4-5,8,10,15H,6-7,9,19H2,1-3H3,(H,20,24)(H,21,25)(H,22,23)/t15-/m0/s1. The number of hydrogen-bond donors (Lipinski definition) is 4. The molecule has 0 bridgehead atoms. The van der Waals surface area contributed by atoms with E-state index in [9.17, 15) is 14.4 Å². The summed E-state index contributed by atoms with van der Waals surface area (Å²) in [5, 5.41) is 7.92. The van der Waals surface area contributed by atoms with Gasteiger partial charge in [-0.2, -0.15) is 0 Å². The number of nitrogens with two attached hydrogens (primary N) is 1. The fourth-order valence-electron chi connectivity index (χ4n) is 1.93.